The summed E-state index contributed by atoms with van der Waals surface area (Å²) in [5.74, 6) is -0.170. The SMILES string of the molecule is O=C1CNC(C(=O)NCCc2cnc[nH]2)CN1. The Balaban J connectivity index is 1.68. The minimum absolute atomic E-state index is 0.0773. The Morgan fingerprint density at radius 1 is 1.59 bits per heavy atom. The van der Waals surface area contributed by atoms with E-state index in [4.69, 9.17) is 0 Å². The van der Waals surface area contributed by atoms with E-state index in [-0.39, 0.29) is 24.4 Å². The highest BCUT2D eigenvalue weighted by Gasteiger charge is 2.22. The molecule has 1 aromatic heterocycles. The van der Waals surface area contributed by atoms with E-state index in [0.29, 0.717) is 19.5 Å². The van der Waals surface area contributed by atoms with E-state index in [1.165, 1.54) is 0 Å². The normalized spacial score (nSPS) is 19.8. The minimum Gasteiger partial charge on any atom is -0.354 e. The summed E-state index contributed by atoms with van der Waals surface area (Å²) in [5.41, 5.74) is 0.982. The topological polar surface area (TPSA) is 98.9 Å². The Hall–Kier alpha value is -1.89. The first-order valence-corrected chi connectivity index (χ1v) is 5.51. The number of aromatic amines is 1. The Bertz CT molecular complexity index is 379. The Kier molecular flexibility index (Phi) is 3.71. The summed E-state index contributed by atoms with van der Waals surface area (Å²) in [7, 11) is 0. The first-order valence-electron chi connectivity index (χ1n) is 5.51. The second-order valence-electron chi connectivity index (χ2n) is 3.86. The zero-order valence-corrected chi connectivity index (χ0v) is 9.32. The number of hydrogen-bond donors (Lipinski definition) is 4. The number of amides is 2. The van der Waals surface area contributed by atoms with Gasteiger partial charge in [-0.15, -0.1) is 0 Å². The molecule has 0 aliphatic carbocycles. The lowest BCUT2D eigenvalue weighted by atomic mass is 10.2. The lowest BCUT2D eigenvalue weighted by molar-refractivity contribution is -0.126. The molecule has 0 spiro atoms. The molecule has 7 nitrogen and oxygen atoms in total. The van der Waals surface area contributed by atoms with E-state index in [1.807, 2.05) is 0 Å². The van der Waals surface area contributed by atoms with Crippen LogP contribution < -0.4 is 16.0 Å². The van der Waals surface area contributed by atoms with Crippen molar-refractivity contribution in [1.29, 1.82) is 0 Å². The zero-order chi connectivity index (χ0) is 12.1. The molecule has 2 heterocycles. The van der Waals surface area contributed by atoms with Crippen LogP contribution in [0.4, 0.5) is 0 Å². The van der Waals surface area contributed by atoms with Gasteiger partial charge in [-0.25, -0.2) is 4.98 Å². The molecule has 0 bridgehead atoms. The molecule has 4 N–H and O–H groups in total. The van der Waals surface area contributed by atoms with E-state index in [0.717, 1.165) is 5.69 Å². The quantitative estimate of drug-likeness (QED) is 0.494. The molecule has 1 aliphatic rings. The average Bonchev–Trinajstić information content (AvgIpc) is 2.83. The van der Waals surface area contributed by atoms with Crippen LogP contribution in [0.25, 0.3) is 0 Å². The summed E-state index contributed by atoms with van der Waals surface area (Å²) in [6.45, 7) is 1.08. The van der Waals surface area contributed by atoms with Crippen molar-refractivity contribution in [2.24, 2.45) is 0 Å². The van der Waals surface area contributed by atoms with Gasteiger partial charge in [-0.05, 0) is 0 Å². The third kappa shape index (κ3) is 3.28. The lowest BCUT2D eigenvalue weighted by Gasteiger charge is -2.23. The second kappa shape index (κ2) is 5.44. The highest BCUT2D eigenvalue weighted by atomic mass is 16.2. The Labute approximate surface area is 98.4 Å². The maximum Gasteiger partial charge on any atom is 0.238 e. The Morgan fingerprint density at radius 3 is 3.12 bits per heavy atom. The van der Waals surface area contributed by atoms with E-state index in [2.05, 4.69) is 25.9 Å². The van der Waals surface area contributed by atoms with Crippen molar-refractivity contribution in [3.63, 3.8) is 0 Å². The van der Waals surface area contributed by atoms with Crippen molar-refractivity contribution in [3.05, 3.63) is 18.2 Å². The van der Waals surface area contributed by atoms with Crippen molar-refractivity contribution < 1.29 is 9.59 Å². The van der Waals surface area contributed by atoms with Gasteiger partial charge >= 0.3 is 0 Å². The maximum absolute atomic E-state index is 11.7. The van der Waals surface area contributed by atoms with Crippen LogP contribution in [-0.2, 0) is 16.0 Å². The number of imidazole rings is 1. The second-order valence-corrected chi connectivity index (χ2v) is 3.86. The minimum atomic E-state index is -0.338. The van der Waals surface area contributed by atoms with E-state index < -0.39 is 0 Å². The van der Waals surface area contributed by atoms with Crippen LogP contribution in [0, 0.1) is 0 Å². The standard InChI is InChI=1S/C10H15N5O2/c16-9-5-13-8(4-14-9)10(17)12-2-1-7-3-11-6-15-7/h3,6,8,13H,1-2,4-5H2,(H,11,15)(H,12,17)(H,14,16). The molecular formula is C10H15N5O2. The van der Waals surface area contributed by atoms with Gasteiger partial charge in [0.1, 0.15) is 6.04 Å². The van der Waals surface area contributed by atoms with Gasteiger partial charge in [0.05, 0.1) is 12.9 Å². The van der Waals surface area contributed by atoms with Crippen LogP contribution in [-0.4, -0.2) is 47.5 Å². The van der Waals surface area contributed by atoms with Gasteiger partial charge in [0.25, 0.3) is 0 Å². The van der Waals surface area contributed by atoms with Crippen molar-refractivity contribution in [2.75, 3.05) is 19.6 Å². The zero-order valence-electron chi connectivity index (χ0n) is 9.32. The number of carbonyl (C=O) groups excluding carboxylic acids is 2. The number of H-pyrrole nitrogens is 1. The molecule has 17 heavy (non-hydrogen) atoms. The first kappa shape index (κ1) is 11.6. The third-order valence-electron chi connectivity index (χ3n) is 2.58. The predicted molar refractivity (Wildman–Crippen MR) is 60.1 cm³/mol. The van der Waals surface area contributed by atoms with Gasteiger partial charge in [0, 0.05) is 31.4 Å². The molecule has 2 amide bonds. The molecule has 1 atom stereocenters. The number of nitrogens with zero attached hydrogens (tertiary/aromatic N) is 1. The van der Waals surface area contributed by atoms with Gasteiger partial charge in [0.2, 0.25) is 11.8 Å². The smallest absolute Gasteiger partial charge is 0.238 e. The fourth-order valence-corrected chi connectivity index (χ4v) is 1.62. The fourth-order valence-electron chi connectivity index (χ4n) is 1.62. The largest absolute Gasteiger partial charge is 0.354 e. The molecule has 1 saturated heterocycles. The predicted octanol–water partition coefficient (Wildman–Crippen LogP) is -1.84. The van der Waals surface area contributed by atoms with Crippen molar-refractivity contribution in [2.45, 2.75) is 12.5 Å². The summed E-state index contributed by atoms with van der Waals surface area (Å²) < 4.78 is 0. The molecule has 0 radical (unpaired) electrons. The molecule has 2 rings (SSSR count). The summed E-state index contributed by atoms with van der Waals surface area (Å²) in [5, 5.41) is 8.31. The van der Waals surface area contributed by atoms with Crippen LogP contribution in [0.1, 0.15) is 5.69 Å². The van der Waals surface area contributed by atoms with Crippen LogP contribution in [0.15, 0.2) is 12.5 Å². The molecule has 1 unspecified atom stereocenters. The molecule has 0 aromatic carbocycles. The van der Waals surface area contributed by atoms with Gasteiger partial charge < -0.3 is 15.6 Å². The molecule has 1 aliphatic heterocycles. The maximum atomic E-state index is 11.7. The van der Waals surface area contributed by atoms with E-state index in [9.17, 15) is 9.59 Å². The first-order chi connectivity index (χ1) is 8.25. The average molecular weight is 237 g/mol. The molecule has 0 saturated carbocycles. The van der Waals surface area contributed by atoms with Gasteiger partial charge in [-0.3, -0.25) is 14.9 Å². The molecule has 92 valence electrons. The summed E-state index contributed by atoms with van der Waals surface area (Å²) in [4.78, 5) is 29.4. The molecule has 1 aromatic rings. The number of carbonyl (C=O) groups is 2. The van der Waals surface area contributed by atoms with Gasteiger partial charge in [-0.1, -0.05) is 0 Å². The molecule has 7 heteroatoms. The monoisotopic (exact) mass is 237 g/mol. The highest BCUT2D eigenvalue weighted by Crippen LogP contribution is 1.92. The molecular weight excluding hydrogens is 222 g/mol. The number of nitrogens with one attached hydrogen (secondary N) is 4. The van der Waals surface area contributed by atoms with Crippen LogP contribution in [0.2, 0.25) is 0 Å². The van der Waals surface area contributed by atoms with Crippen LogP contribution in [0.3, 0.4) is 0 Å². The van der Waals surface area contributed by atoms with Gasteiger partial charge in [-0.2, -0.15) is 0 Å². The van der Waals surface area contributed by atoms with E-state index >= 15 is 0 Å². The van der Waals surface area contributed by atoms with E-state index in [1.54, 1.807) is 12.5 Å². The van der Waals surface area contributed by atoms with Crippen LogP contribution in [0.5, 0.6) is 0 Å². The molecule has 1 fully saturated rings. The summed E-state index contributed by atoms with van der Waals surface area (Å²) in [6, 6.07) is -0.338. The van der Waals surface area contributed by atoms with Crippen molar-refractivity contribution in [3.8, 4) is 0 Å². The fraction of sp³-hybridized carbons (Fsp3) is 0.500. The highest BCUT2D eigenvalue weighted by molar-refractivity contribution is 5.86. The van der Waals surface area contributed by atoms with Crippen LogP contribution >= 0.6 is 0 Å². The lowest BCUT2D eigenvalue weighted by Crippen LogP contribution is -2.58. The van der Waals surface area contributed by atoms with Gasteiger partial charge in [0.15, 0.2) is 0 Å². The Morgan fingerprint density at radius 2 is 2.47 bits per heavy atom. The third-order valence-corrected chi connectivity index (χ3v) is 2.58. The number of rotatable bonds is 4. The van der Waals surface area contributed by atoms with Crippen molar-refractivity contribution >= 4 is 11.8 Å². The number of hydrogen-bond acceptors (Lipinski definition) is 4. The number of aromatic nitrogens is 2. The summed E-state index contributed by atoms with van der Waals surface area (Å²) >= 11 is 0. The van der Waals surface area contributed by atoms with Crippen molar-refractivity contribution in [1.82, 2.24) is 25.9 Å². The number of piperazine rings is 1. The summed E-state index contributed by atoms with van der Waals surface area (Å²) in [6.07, 6.45) is 4.05.